The van der Waals surface area contributed by atoms with Crippen LogP contribution in [0.25, 0.3) is 0 Å². The van der Waals surface area contributed by atoms with E-state index in [2.05, 4.69) is 21.6 Å². The first kappa shape index (κ1) is 50.5. The van der Waals surface area contributed by atoms with Gasteiger partial charge in [0.1, 0.15) is 32.5 Å². The van der Waals surface area contributed by atoms with Crippen LogP contribution in [-0.2, 0) is 81.3 Å². The second kappa shape index (κ2) is 26.5. The Hall–Kier alpha value is -6.62. The summed E-state index contributed by atoms with van der Waals surface area (Å²) in [4.78, 5) is 169. The zero-order chi connectivity index (χ0) is 45.5. The molecule has 330 valence electrons. The normalized spacial score (nSPS) is 19.2. The van der Waals surface area contributed by atoms with E-state index in [1.165, 1.54) is 25.2 Å². The van der Waals surface area contributed by atoms with Gasteiger partial charge in [0.25, 0.3) is 0 Å². The van der Waals surface area contributed by atoms with Crippen molar-refractivity contribution in [1.82, 2.24) is 9.80 Å². The van der Waals surface area contributed by atoms with Crippen molar-refractivity contribution >= 4 is 77.3 Å². The number of likely N-dealkylation sites (tertiary alicyclic amines) is 2. The fourth-order valence-electron chi connectivity index (χ4n) is 6.38. The van der Waals surface area contributed by atoms with Crippen molar-refractivity contribution in [2.75, 3.05) is 46.3 Å². The first-order chi connectivity index (χ1) is 29.1. The van der Waals surface area contributed by atoms with Crippen LogP contribution in [0.3, 0.4) is 0 Å². The molecule has 0 bridgehead atoms. The molecule has 2 aliphatic rings. The van der Waals surface area contributed by atoms with Crippen LogP contribution in [0.2, 0.25) is 0 Å². The van der Waals surface area contributed by atoms with E-state index >= 15 is 0 Å². The Morgan fingerprint density at radius 2 is 1.02 bits per heavy atom. The SMILES string of the molecule is C=C(C)C(=O)OCCOC(=O)CCC1C(=O)C(CCC(=O)OCCCC(CC)CCOC(=O)CCC2C(=O)C(CN=C=O)C(=O)N(CN=C=O)C2=O)C(=O)N(CN=C=O)C1=O. The van der Waals surface area contributed by atoms with E-state index in [9.17, 15) is 62.3 Å². The first-order valence-corrected chi connectivity index (χ1v) is 19.3. The third kappa shape index (κ3) is 15.8. The molecule has 0 N–H and O–H groups in total. The van der Waals surface area contributed by atoms with Gasteiger partial charge in [-0.2, -0.15) is 9.98 Å². The van der Waals surface area contributed by atoms with Crippen molar-refractivity contribution < 1.29 is 81.3 Å². The summed E-state index contributed by atoms with van der Waals surface area (Å²) >= 11 is 0. The highest BCUT2D eigenvalue weighted by molar-refractivity contribution is 6.21. The molecule has 22 heteroatoms. The Bertz CT molecular complexity index is 1820. The van der Waals surface area contributed by atoms with Crippen LogP contribution in [-0.4, -0.2) is 133 Å². The van der Waals surface area contributed by atoms with Crippen molar-refractivity contribution in [3.63, 3.8) is 0 Å². The molecule has 0 spiro atoms. The van der Waals surface area contributed by atoms with Crippen molar-refractivity contribution in [2.24, 2.45) is 44.6 Å². The molecule has 61 heavy (non-hydrogen) atoms. The number of carbonyl (C=O) groups excluding carboxylic acids is 13. The van der Waals surface area contributed by atoms with Gasteiger partial charge in [-0.05, 0) is 51.4 Å². The summed E-state index contributed by atoms with van der Waals surface area (Å²) in [5, 5.41) is 0. The number of ketones is 2. The number of hydrogen-bond donors (Lipinski definition) is 0. The van der Waals surface area contributed by atoms with Gasteiger partial charge in [-0.3, -0.25) is 53.0 Å². The lowest BCUT2D eigenvalue weighted by molar-refractivity contribution is -0.163. The first-order valence-electron chi connectivity index (χ1n) is 19.3. The van der Waals surface area contributed by atoms with Gasteiger partial charge in [0.05, 0.1) is 37.5 Å². The molecule has 2 saturated heterocycles. The number of piperidine rings is 2. The van der Waals surface area contributed by atoms with Crippen molar-refractivity contribution in [3.8, 4) is 0 Å². The Morgan fingerprint density at radius 1 is 0.607 bits per heavy atom. The minimum atomic E-state index is -1.49. The lowest BCUT2D eigenvalue weighted by Gasteiger charge is -2.33. The number of ether oxygens (including phenoxy) is 4. The number of imide groups is 2. The molecular formula is C39H47N5O17. The molecule has 2 rings (SSSR count). The van der Waals surface area contributed by atoms with Gasteiger partial charge in [0.2, 0.25) is 41.9 Å². The van der Waals surface area contributed by atoms with E-state index in [0.717, 1.165) is 0 Å². The molecule has 4 amide bonds. The molecule has 0 radical (unpaired) electrons. The van der Waals surface area contributed by atoms with Crippen LogP contribution in [0.15, 0.2) is 27.1 Å². The number of esters is 4. The lowest BCUT2D eigenvalue weighted by Crippen LogP contribution is -2.55. The van der Waals surface area contributed by atoms with Crippen molar-refractivity contribution in [2.45, 2.75) is 78.1 Å². The molecule has 0 aromatic heterocycles. The number of rotatable bonds is 27. The predicted molar refractivity (Wildman–Crippen MR) is 201 cm³/mol. The third-order valence-electron chi connectivity index (χ3n) is 9.75. The number of amides is 4. The maximum absolute atomic E-state index is 13.3. The van der Waals surface area contributed by atoms with E-state index in [1.807, 2.05) is 6.92 Å². The molecular weight excluding hydrogens is 810 g/mol. The van der Waals surface area contributed by atoms with Crippen molar-refractivity contribution in [1.29, 1.82) is 0 Å². The minimum Gasteiger partial charge on any atom is -0.466 e. The number of Topliss-reactive ketones (excluding diaryl/α,β-unsaturated/α-hetero) is 2. The maximum Gasteiger partial charge on any atom is 0.333 e. The Kier molecular flexibility index (Phi) is 21.9. The predicted octanol–water partition coefficient (Wildman–Crippen LogP) is 0.535. The molecule has 5 atom stereocenters. The van der Waals surface area contributed by atoms with Crippen LogP contribution in [0.4, 0.5) is 0 Å². The van der Waals surface area contributed by atoms with Gasteiger partial charge >= 0.3 is 23.9 Å². The van der Waals surface area contributed by atoms with Gasteiger partial charge in [0.15, 0.2) is 11.6 Å². The number of isocyanates is 3. The van der Waals surface area contributed by atoms with Crippen LogP contribution >= 0.6 is 0 Å². The van der Waals surface area contributed by atoms with Crippen LogP contribution in [0.1, 0.15) is 78.1 Å². The Balaban J connectivity index is 1.82. The van der Waals surface area contributed by atoms with E-state index in [-0.39, 0.29) is 70.0 Å². The lowest BCUT2D eigenvalue weighted by atomic mass is 9.81. The molecule has 5 unspecified atom stereocenters. The third-order valence-corrected chi connectivity index (χ3v) is 9.75. The highest BCUT2D eigenvalue weighted by Gasteiger charge is 2.48. The molecule has 0 saturated carbocycles. The quantitative estimate of drug-likeness (QED) is 0.0159. The second-order valence-corrected chi connectivity index (χ2v) is 13.8. The second-order valence-electron chi connectivity index (χ2n) is 13.8. The Labute approximate surface area is 349 Å². The molecule has 0 aromatic rings. The summed E-state index contributed by atoms with van der Waals surface area (Å²) < 4.78 is 20.3. The van der Waals surface area contributed by atoms with Gasteiger partial charge in [-0.25, -0.2) is 24.2 Å². The number of hydrogen-bond acceptors (Lipinski definition) is 20. The van der Waals surface area contributed by atoms with E-state index in [0.29, 0.717) is 35.5 Å². The number of carbonyl (C=O) groups is 10. The number of nitrogens with zero attached hydrogens (tertiary/aromatic N) is 5. The monoisotopic (exact) mass is 857 g/mol. The van der Waals surface area contributed by atoms with Gasteiger partial charge < -0.3 is 18.9 Å². The van der Waals surface area contributed by atoms with Gasteiger partial charge in [-0.15, -0.1) is 0 Å². The van der Waals surface area contributed by atoms with Crippen LogP contribution < -0.4 is 0 Å². The molecule has 0 aromatic carbocycles. The average molecular weight is 858 g/mol. The number of aliphatic imine (C=N–C) groups is 3. The minimum absolute atomic E-state index is 0.00467. The standard InChI is InChI=1S/C39H47N5O17/c1-4-25(13-15-59-31(49)11-9-28-34(52)29(18-40-21-45)38(56)44(37(28)55)20-42-23-47)6-5-14-58-30(48)10-7-26-33(51)27(36(54)43(35(26)53)19-41-22-46)8-12-32(50)60-16-17-61-39(57)24(2)3/h25-29H,2,4-20H2,1,3H3. The molecule has 2 fully saturated rings. The fraction of sp³-hybridized carbons (Fsp3) is 0.615. The summed E-state index contributed by atoms with van der Waals surface area (Å²) in [5.41, 5.74) is 0.146. The Morgan fingerprint density at radius 3 is 1.46 bits per heavy atom. The van der Waals surface area contributed by atoms with Crippen molar-refractivity contribution in [3.05, 3.63) is 12.2 Å². The van der Waals surface area contributed by atoms with Gasteiger partial charge in [-0.1, -0.05) is 19.9 Å². The summed E-state index contributed by atoms with van der Waals surface area (Å²) in [5.74, 6) is -14.3. The molecule has 2 heterocycles. The smallest absolute Gasteiger partial charge is 0.333 e. The highest BCUT2D eigenvalue weighted by atomic mass is 16.6. The highest BCUT2D eigenvalue weighted by Crippen LogP contribution is 2.29. The van der Waals surface area contributed by atoms with E-state index in [4.69, 9.17) is 18.9 Å². The molecule has 2 aliphatic heterocycles. The maximum atomic E-state index is 13.3. The van der Waals surface area contributed by atoms with E-state index in [1.54, 1.807) is 0 Å². The van der Waals surface area contributed by atoms with Crippen LogP contribution in [0, 0.1) is 29.6 Å². The largest absolute Gasteiger partial charge is 0.466 e. The zero-order valence-electron chi connectivity index (χ0n) is 33.8. The summed E-state index contributed by atoms with van der Waals surface area (Å²) in [6, 6.07) is 0. The average Bonchev–Trinajstić information content (AvgIpc) is 3.22. The summed E-state index contributed by atoms with van der Waals surface area (Å²) in [6.07, 6.45) is 3.55. The van der Waals surface area contributed by atoms with E-state index < -0.39 is 109 Å². The molecule has 0 aliphatic carbocycles. The topological polar surface area (TPSA) is 302 Å². The van der Waals surface area contributed by atoms with Gasteiger partial charge in [0, 0.05) is 24.8 Å². The zero-order valence-corrected chi connectivity index (χ0v) is 33.8. The summed E-state index contributed by atoms with van der Waals surface area (Å²) in [6.45, 7) is 4.22. The summed E-state index contributed by atoms with van der Waals surface area (Å²) in [7, 11) is 0. The fourth-order valence-corrected chi connectivity index (χ4v) is 6.38. The van der Waals surface area contributed by atoms with Crippen LogP contribution in [0.5, 0.6) is 0 Å². The molecule has 22 nitrogen and oxygen atoms in total.